The van der Waals surface area contributed by atoms with E-state index in [9.17, 15) is 9.59 Å². The Hall–Kier alpha value is -2.14. The maximum absolute atomic E-state index is 13.1. The van der Waals surface area contributed by atoms with Crippen LogP contribution in [0.3, 0.4) is 0 Å². The Balaban J connectivity index is 2.03. The van der Waals surface area contributed by atoms with Gasteiger partial charge in [0.05, 0.1) is 5.69 Å². The van der Waals surface area contributed by atoms with Gasteiger partial charge in [0, 0.05) is 35.0 Å². The minimum Gasteiger partial charge on any atom is -0.458 e. The maximum Gasteiger partial charge on any atom is 0.303 e. The summed E-state index contributed by atoms with van der Waals surface area (Å²) in [6, 6.07) is 13.2. The van der Waals surface area contributed by atoms with E-state index in [2.05, 4.69) is 15.9 Å². The number of hydrogen-bond donors (Lipinski definition) is 0. The first-order valence-corrected chi connectivity index (χ1v) is 9.03. The topological polar surface area (TPSA) is 46.6 Å². The number of carbonyl (C=O) groups is 2. The van der Waals surface area contributed by atoms with E-state index < -0.39 is 0 Å². The maximum atomic E-state index is 13.1. The van der Waals surface area contributed by atoms with Crippen molar-refractivity contribution >= 4 is 33.5 Å². The summed E-state index contributed by atoms with van der Waals surface area (Å²) in [6.45, 7) is 5.39. The van der Waals surface area contributed by atoms with Gasteiger partial charge in [-0.05, 0) is 44.2 Å². The van der Waals surface area contributed by atoms with E-state index in [4.69, 9.17) is 4.74 Å². The van der Waals surface area contributed by atoms with Crippen LogP contribution in [-0.4, -0.2) is 17.9 Å². The Kier molecular flexibility index (Phi) is 4.95. The van der Waals surface area contributed by atoms with Gasteiger partial charge in [0.25, 0.3) is 5.91 Å². The lowest BCUT2D eigenvalue weighted by atomic mass is 9.91. The van der Waals surface area contributed by atoms with Crippen molar-refractivity contribution in [2.45, 2.75) is 39.3 Å². The first-order chi connectivity index (χ1) is 11.9. The number of nitrogens with zero attached hydrogens (tertiary/aromatic N) is 1. The fourth-order valence-corrected chi connectivity index (χ4v) is 3.55. The molecule has 2 atom stereocenters. The Morgan fingerprint density at radius 1 is 1.16 bits per heavy atom. The van der Waals surface area contributed by atoms with Crippen LogP contribution in [-0.2, 0) is 9.53 Å². The highest BCUT2D eigenvalue weighted by Crippen LogP contribution is 2.40. The largest absolute Gasteiger partial charge is 0.458 e. The summed E-state index contributed by atoms with van der Waals surface area (Å²) in [5.41, 5.74) is 3.40. The van der Waals surface area contributed by atoms with Crippen molar-refractivity contribution in [3.05, 3.63) is 63.6 Å². The summed E-state index contributed by atoms with van der Waals surface area (Å²) in [4.78, 5) is 26.4. The van der Waals surface area contributed by atoms with Crippen LogP contribution >= 0.6 is 15.9 Å². The molecule has 0 radical (unpaired) electrons. The fourth-order valence-electron chi connectivity index (χ4n) is 3.28. The second-order valence-corrected chi connectivity index (χ2v) is 7.34. The molecule has 0 aromatic heterocycles. The SMILES string of the molecule is CC(=O)O[C@H]1C[C@H](C)N(C(=O)c2ccc(Br)cc2)c2ccc(C)cc21. The molecular weight excluding hydrogens is 382 g/mol. The van der Waals surface area contributed by atoms with E-state index in [0.717, 1.165) is 21.3 Å². The summed E-state index contributed by atoms with van der Waals surface area (Å²) < 4.78 is 6.44. The molecule has 0 N–H and O–H groups in total. The van der Waals surface area contributed by atoms with Crippen molar-refractivity contribution in [2.75, 3.05) is 4.90 Å². The first kappa shape index (κ1) is 17.7. The second-order valence-electron chi connectivity index (χ2n) is 6.43. The van der Waals surface area contributed by atoms with Crippen molar-refractivity contribution in [1.29, 1.82) is 0 Å². The highest BCUT2D eigenvalue weighted by atomic mass is 79.9. The predicted molar refractivity (Wildman–Crippen MR) is 101 cm³/mol. The number of carbonyl (C=O) groups excluding carboxylic acids is 2. The number of amides is 1. The molecule has 2 aromatic carbocycles. The van der Waals surface area contributed by atoms with Crippen LogP contribution in [0.5, 0.6) is 0 Å². The summed E-state index contributed by atoms with van der Waals surface area (Å²) in [5, 5.41) is 0. The number of hydrogen-bond acceptors (Lipinski definition) is 3. The Bertz CT molecular complexity index is 816. The highest BCUT2D eigenvalue weighted by molar-refractivity contribution is 9.10. The normalized spacial score (nSPS) is 19.3. The molecule has 2 aromatic rings. The smallest absolute Gasteiger partial charge is 0.303 e. The van der Waals surface area contributed by atoms with Crippen molar-refractivity contribution in [1.82, 2.24) is 0 Å². The van der Waals surface area contributed by atoms with E-state index in [1.54, 1.807) is 4.90 Å². The van der Waals surface area contributed by atoms with Gasteiger partial charge in [-0.1, -0.05) is 33.6 Å². The van der Waals surface area contributed by atoms with Crippen LogP contribution < -0.4 is 4.90 Å². The molecule has 3 rings (SSSR count). The minimum atomic E-state index is -0.323. The molecule has 0 fully saturated rings. The van der Waals surface area contributed by atoms with Gasteiger partial charge < -0.3 is 9.64 Å². The lowest BCUT2D eigenvalue weighted by Gasteiger charge is -2.39. The van der Waals surface area contributed by atoms with Crippen LogP contribution in [0.25, 0.3) is 0 Å². The zero-order valence-electron chi connectivity index (χ0n) is 14.5. The van der Waals surface area contributed by atoms with Gasteiger partial charge in [-0.3, -0.25) is 9.59 Å². The molecular formula is C20H20BrNO3. The molecule has 25 heavy (non-hydrogen) atoms. The van der Waals surface area contributed by atoms with E-state index in [1.807, 2.05) is 56.3 Å². The lowest BCUT2D eigenvalue weighted by Crippen LogP contribution is -2.43. The zero-order chi connectivity index (χ0) is 18.1. The summed E-state index contributed by atoms with van der Waals surface area (Å²) in [6.07, 6.45) is 0.259. The number of ether oxygens (including phenoxy) is 1. The molecule has 1 heterocycles. The Morgan fingerprint density at radius 3 is 2.48 bits per heavy atom. The van der Waals surface area contributed by atoms with Crippen molar-refractivity contribution in [3.8, 4) is 0 Å². The number of esters is 1. The van der Waals surface area contributed by atoms with E-state index in [-0.39, 0.29) is 24.0 Å². The quantitative estimate of drug-likeness (QED) is 0.678. The van der Waals surface area contributed by atoms with Gasteiger partial charge in [-0.15, -0.1) is 0 Å². The van der Waals surface area contributed by atoms with Crippen LogP contribution in [0.15, 0.2) is 46.9 Å². The number of aryl methyl sites for hydroxylation is 1. The standard InChI is InChI=1S/C20H20BrNO3/c1-12-4-9-18-17(10-12)19(25-14(3)23)11-13(2)22(18)20(24)15-5-7-16(21)8-6-15/h4-10,13,19H,11H2,1-3H3/t13-,19-/m0/s1. The van der Waals surface area contributed by atoms with E-state index >= 15 is 0 Å². The van der Waals surface area contributed by atoms with Crippen molar-refractivity contribution < 1.29 is 14.3 Å². The predicted octanol–water partition coefficient (Wildman–Crippen LogP) is 4.80. The van der Waals surface area contributed by atoms with Crippen molar-refractivity contribution in [3.63, 3.8) is 0 Å². The molecule has 0 saturated carbocycles. The van der Waals surface area contributed by atoms with Gasteiger partial charge in [-0.2, -0.15) is 0 Å². The monoisotopic (exact) mass is 401 g/mol. The number of anilines is 1. The van der Waals surface area contributed by atoms with Crippen LogP contribution in [0.2, 0.25) is 0 Å². The molecule has 130 valence electrons. The Morgan fingerprint density at radius 2 is 1.84 bits per heavy atom. The first-order valence-electron chi connectivity index (χ1n) is 8.23. The number of halogens is 1. The molecule has 1 aliphatic heterocycles. The molecule has 0 bridgehead atoms. The summed E-state index contributed by atoms with van der Waals surface area (Å²) in [5.74, 6) is -0.358. The van der Waals surface area contributed by atoms with Crippen molar-refractivity contribution in [2.24, 2.45) is 0 Å². The number of fused-ring (bicyclic) bond motifs is 1. The van der Waals surface area contributed by atoms with Crippen LogP contribution in [0.1, 0.15) is 47.9 Å². The zero-order valence-corrected chi connectivity index (χ0v) is 16.0. The lowest BCUT2D eigenvalue weighted by molar-refractivity contribution is -0.147. The molecule has 4 nitrogen and oxygen atoms in total. The van der Waals surface area contributed by atoms with Gasteiger partial charge >= 0.3 is 5.97 Å². The molecule has 1 aliphatic rings. The molecule has 0 spiro atoms. The Labute approximate surface area is 155 Å². The van der Waals surface area contributed by atoms with Gasteiger partial charge in [0.1, 0.15) is 6.10 Å². The van der Waals surface area contributed by atoms with Gasteiger partial charge in [0.2, 0.25) is 0 Å². The molecule has 0 unspecified atom stereocenters. The molecule has 0 saturated heterocycles. The average Bonchev–Trinajstić information content (AvgIpc) is 2.55. The van der Waals surface area contributed by atoms with Gasteiger partial charge in [0.15, 0.2) is 0 Å². The highest BCUT2D eigenvalue weighted by Gasteiger charge is 2.35. The van der Waals surface area contributed by atoms with E-state index in [0.29, 0.717) is 12.0 Å². The van der Waals surface area contributed by atoms with Gasteiger partial charge in [-0.25, -0.2) is 0 Å². The molecule has 0 aliphatic carbocycles. The summed E-state index contributed by atoms with van der Waals surface area (Å²) >= 11 is 3.39. The number of rotatable bonds is 2. The molecule has 1 amide bonds. The third-order valence-electron chi connectivity index (χ3n) is 4.40. The number of benzene rings is 2. The van der Waals surface area contributed by atoms with Crippen LogP contribution in [0, 0.1) is 6.92 Å². The minimum absolute atomic E-state index is 0.0496. The third kappa shape index (κ3) is 3.61. The fraction of sp³-hybridized carbons (Fsp3) is 0.300. The second kappa shape index (κ2) is 7.00. The molecule has 5 heteroatoms. The average molecular weight is 402 g/mol. The van der Waals surface area contributed by atoms with Crippen LogP contribution in [0.4, 0.5) is 5.69 Å². The summed E-state index contributed by atoms with van der Waals surface area (Å²) in [7, 11) is 0. The third-order valence-corrected chi connectivity index (χ3v) is 4.93. The van der Waals surface area contributed by atoms with E-state index in [1.165, 1.54) is 6.92 Å².